The molecule has 1 heterocycles. The van der Waals surface area contributed by atoms with Crippen molar-refractivity contribution in [3.8, 4) is 0 Å². The molecule has 0 aromatic heterocycles. The lowest BCUT2D eigenvalue weighted by molar-refractivity contribution is -0.132. The van der Waals surface area contributed by atoms with Gasteiger partial charge < -0.3 is 10.0 Å². The van der Waals surface area contributed by atoms with Crippen LogP contribution in [0.3, 0.4) is 0 Å². The first kappa shape index (κ1) is 24.1. The minimum atomic E-state index is -1.19. The van der Waals surface area contributed by atoms with Gasteiger partial charge in [0.1, 0.15) is 23.2 Å². The summed E-state index contributed by atoms with van der Waals surface area (Å²) in [7, 11) is 0. The first-order chi connectivity index (χ1) is 16.8. The fourth-order valence-electron chi connectivity index (χ4n) is 4.29. The third-order valence-electron chi connectivity index (χ3n) is 6.07. The van der Waals surface area contributed by atoms with E-state index in [2.05, 4.69) is 4.90 Å². The fraction of sp³-hybridized carbons (Fsp3) is 0.185. The van der Waals surface area contributed by atoms with E-state index in [9.17, 15) is 27.9 Å². The SMILES string of the molecule is CCN(CC)c1ccc(C2/C(=C(\O)c3ccc(F)cc3)C(=O)C(=O)N2c2ccc(F)cc2F)cc1. The molecule has 3 aromatic rings. The Morgan fingerprint density at radius 3 is 2.06 bits per heavy atom. The highest BCUT2D eigenvalue weighted by atomic mass is 19.1. The molecule has 0 saturated carbocycles. The molecule has 1 aliphatic heterocycles. The van der Waals surface area contributed by atoms with E-state index in [0.717, 1.165) is 47.9 Å². The van der Waals surface area contributed by atoms with Crippen LogP contribution in [0.25, 0.3) is 5.76 Å². The predicted octanol–water partition coefficient (Wildman–Crippen LogP) is 5.58. The van der Waals surface area contributed by atoms with Crippen LogP contribution in [0.4, 0.5) is 24.5 Å². The topological polar surface area (TPSA) is 60.9 Å². The smallest absolute Gasteiger partial charge is 0.300 e. The molecule has 8 heteroatoms. The van der Waals surface area contributed by atoms with Crippen molar-refractivity contribution in [2.24, 2.45) is 0 Å². The fourth-order valence-corrected chi connectivity index (χ4v) is 4.29. The van der Waals surface area contributed by atoms with Crippen molar-refractivity contribution in [2.75, 3.05) is 22.9 Å². The third kappa shape index (κ3) is 4.39. The maximum atomic E-state index is 14.8. The lowest BCUT2D eigenvalue weighted by Crippen LogP contribution is -2.30. The molecule has 1 unspecified atom stereocenters. The molecule has 5 nitrogen and oxygen atoms in total. The second-order valence-electron chi connectivity index (χ2n) is 8.04. The van der Waals surface area contributed by atoms with Gasteiger partial charge in [-0.3, -0.25) is 14.5 Å². The standard InChI is InChI=1S/C27H23F3N2O3/c1-3-31(4-2)20-12-7-16(8-13-20)24-23(25(33)17-5-9-18(28)10-6-17)26(34)27(35)32(24)22-14-11-19(29)15-21(22)30/h5-15,24,33H,3-4H2,1-2H3/b25-23+. The molecular weight excluding hydrogens is 457 g/mol. The van der Waals surface area contributed by atoms with Gasteiger partial charge in [-0.25, -0.2) is 13.2 Å². The first-order valence-electron chi connectivity index (χ1n) is 11.1. The van der Waals surface area contributed by atoms with Crippen molar-refractivity contribution in [2.45, 2.75) is 19.9 Å². The number of amides is 1. The highest BCUT2D eigenvalue weighted by molar-refractivity contribution is 6.51. The Labute approximate surface area is 200 Å². The van der Waals surface area contributed by atoms with E-state index in [1.165, 1.54) is 12.1 Å². The number of anilines is 2. The van der Waals surface area contributed by atoms with Crippen LogP contribution in [0.5, 0.6) is 0 Å². The van der Waals surface area contributed by atoms with Gasteiger partial charge in [-0.1, -0.05) is 12.1 Å². The molecule has 1 N–H and O–H groups in total. The normalized spacial score (nSPS) is 17.2. The van der Waals surface area contributed by atoms with Crippen LogP contribution in [0, 0.1) is 17.5 Å². The monoisotopic (exact) mass is 480 g/mol. The lowest BCUT2D eigenvalue weighted by Gasteiger charge is -2.27. The molecule has 0 radical (unpaired) electrons. The number of carbonyl (C=O) groups excluding carboxylic acids is 2. The lowest BCUT2D eigenvalue weighted by atomic mass is 9.94. The summed E-state index contributed by atoms with van der Waals surface area (Å²) in [5.41, 5.74) is 0.883. The van der Waals surface area contributed by atoms with Crippen LogP contribution in [0.2, 0.25) is 0 Å². The van der Waals surface area contributed by atoms with Gasteiger partial charge in [0.2, 0.25) is 0 Å². The summed E-state index contributed by atoms with van der Waals surface area (Å²) in [6, 6.07) is 13.3. The molecule has 1 amide bonds. The van der Waals surface area contributed by atoms with Gasteiger partial charge in [0.15, 0.2) is 0 Å². The molecule has 180 valence electrons. The van der Waals surface area contributed by atoms with Crippen molar-refractivity contribution >= 4 is 28.8 Å². The minimum absolute atomic E-state index is 0.119. The summed E-state index contributed by atoms with van der Waals surface area (Å²) in [5, 5.41) is 11.0. The average Bonchev–Trinajstić information content (AvgIpc) is 3.11. The van der Waals surface area contributed by atoms with Crippen LogP contribution < -0.4 is 9.80 Å². The number of ketones is 1. The van der Waals surface area contributed by atoms with E-state index in [0.29, 0.717) is 11.6 Å². The van der Waals surface area contributed by atoms with E-state index in [1.54, 1.807) is 24.3 Å². The maximum Gasteiger partial charge on any atom is 0.300 e. The zero-order chi connectivity index (χ0) is 25.3. The number of benzene rings is 3. The second kappa shape index (κ2) is 9.66. The number of aliphatic hydroxyl groups is 1. The number of nitrogens with zero attached hydrogens (tertiary/aromatic N) is 2. The zero-order valence-corrected chi connectivity index (χ0v) is 19.1. The summed E-state index contributed by atoms with van der Waals surface area (Å²) in [6.07, 6.45) is 0. The van der Waals surface area contributed by atoms with Gasteiger partial charge in [-0.15, -0.1) is 0 Å². The second-order valence-corrected chi connectivity index (χ2v) is 8.04. The number of hydrogen-bond acceptors (Lipinski definition) is 4. The zero-order valence-electron chi connectivity index (χ0n) is 19.1. The van der Waals surface area contributed by atoms with Gasteiger partial charge in [0, 0.05) is 30.4 Å². The molecule has 1 fully saturated rings. The van der Waals surface area contributed by atoms with E-state index in [-0.39, 0.29) is 16.8 Å². The van der Waals surface area contributed by atoms with E-state index < -0.39 is 40.9 Å². The number of rotatable bonds is 6. The Kier molecular flexibility index (Phi) is 6.64. The molecule has 3 aromatic carbocycles. The van der Waals surface area contributed by atoms with Crippen molar-refractivity contribution in [1.82, 2.24) is 0 Å². The Balaban J connectivity index is 1.92. The highest BCUT2D eigenvalue weighted by Gasteiger charge is 2.47. The number of hydrogen-bond donors (Lipinski definition) is 1. The molecule has 0 spiro atoms. The molecule has 4 rings (SSSR count). The minimum Gasteiger partial charge on any atom is -0.507 e. The van der Waals surface area contributed by atoms with Crippen LogP contribution in [-0.2, 0) is 9.59 Å². The van der Waals surface area contributed by atoms with E-state index in [1.807, 2.05) is 13.8 Å². The van der Waals surface area contributed by atoms with Crippen LogP contribution >= 0.6 is 0 Å². The third-order valence-corrected chi connectivity index (χ3v) is 6.07. The van der Waals surface area contributed by atoms with Crippen molar-refractivity contribution in [3.63, 3.8) is 0 Å². The van der Waals surface area contributed by atoms with Gasteiger partial charge in [-0.2, -0.15) is 0 Å². The number of carbonyl (C=O) groups is 2. The highest BCUT2D eigenvalue weighted by Crippen LogP contribution is 2.43. The molecule has 1 saturated heterocycles. The number of aliphatic hydroxyl groups excluding tert-OH is 1. The van der Waals surface area contributed by atoms with Gasteiger partial charge in [0.05, 0.1) is 17.3 Å². The van der Waals surface area contributed by atoms with Gasteiger partial charge in [-0.05, 0) is 67.9 Å². The maximum absolute atomic E-state index is 14.8. The predicted molar refractivity (Wildman–Crippen MR) is 128 cm³/mol. The van der Waals surface area contributed by atoms with Crippen molar-refractivity contribution in [1.29, 1.82) is 0 Å². The van der Waals surface area contributed by atoms with Crippen LogP contribution in [0.1, 0.15) is 31.0 Å². The molecule has 0 aliphatic carbocycles. The Morgan fingerprint density at radius 2 is 1.49 bits per heavy atom. The largest absolute Gasteiger partial charge is 0.507 e. The first-order valence-corrected chi connectivity index (χ1v) is 11.1. The number of Topliss-reactive ketones (excluding diaryl/α,β-unsaturated/α-hetero) is 1. The summed E-state index contributed by atoms with van der Waals surface area (Å²) in [5.74, 6) is -5.04. The van der Waals surface area contributed by atoms with Crippen LogP contribution in [0.15, 0.2) is 72.3 Å². The Hall–Kier alpha value is -4.07. The van der Waals surface area contributed by atoms with E-state index >= 15 is 0 Å². The summed E-state index contributed by atoms with van der Waals surface area (Å²) in [6.45, 7) is 5.54. The molecular formula is C27H23F3N2O3. The number of halogens is 3. The Morgan fingerprint density at radius 1 is 0.886 bits per heavy atom. The van der Waals surface area contributed by atoms with Gasteiger partial charge >= 0.3 is 0 Å². The Bertz CT molecular complexity index is 1300. The van der Waals surface area contributed by atoms with Gasteiger partial charge in [0.25, 0.3) is 11.7 Å². The molecule has 1 aliphatic rings. The van der Waals surface area contributed by atoms with Crippen molar-refractivity contribution in [3.05, 3.63) is 101 Å². The quantitative estimate of drug-likeness (QED) is 0.284. The molecule has 35 heavy (non-hydrogen) atoms. The summed E-state index contributed by atoms with van der Waals surface area (Å²) in [4.78, 5) is 29.2. The van der Waals surface area contributed by atoms with Crippen molar-refractivity contribution < 1.29 is 27.9 Å². The molecule has 1 atom stereocenters. The molecule has 0 bridgehead atoms. The van der Waals surface area contributed by atoms with Crippen LogP contribution in [-0.4, -0.2) is 29.9 Å². The average molecular weight is 480 g/mol. The summed E-state index contributed by atoms with van der Waals surface area (Å²) >= 11 is 0. The summed E-state index contributed by atoms with van der Waals surface area (Å²) < 4.78 is 41.8. The van der Waals surface area contributed by atoms with E-state index in [4.69, 9.17) is 0 Å².